The van der Waals surface area contributed by atoms with Crippen molar-refractivity contribution in [3.8, 4) is 11.5 Å². The maximum absolute atomic E-state index is 12.7. The van der Waals surface area contributed by atoms with Crippen LogP contribution in [0.1, 0.15) is 23.2 Å². The molecule has 0 unspecified atom stereocenters. The number of rotatable bonds is 7. The van der Waals surface area contributed by atoms with Gasteiger partial charge in [-0.2, -0.15) is 0 Å². The first-order valence-corrected chi connectivity index (χ1v) is 9.57. The monoisotopic (exact) mass is 376 g/mol. The van der Waals surface area contributed by atoms with E-state index in [9.17, 15) is 13.2 Å². The van der Waals surface area contributed by atoms with E-state index in [-0.39, 0.29) is 22.5 Å². The van der Waals surface area contributed by atoms with Gasteiger partial charge in [-0.1, -0.05) is 6.07 Å². The summed E-state index contributed by atoms with van der Waals surface area (Å²) in [5.41, 5.74) is 0.586. The smallest absolute Gasteiger partial charge is 0.262 e. The topological polar surface area (TPSA) is 93.7 Å². The number of carbonyl (C=O) groups is 1. The zero-order valence-corrected chi connectivity index (χ0v) is 15.3. The molecule has 8 heteroatoms. The zero-order valence-electron chi connectivity index (χ0n) is 14.5. The number of carbonyl (C=O) groups excluding carboxylic acids is 1. The molecule has 0 aromatic heterocycles. The van der Waals surface area contributed by atoms with Crippen LogP contribution in [0.3, 0.4) is 0 Å². The summed E-state index contributed by atoms with van der Waals surface area (Å²) in [5, 5.41) is 2.84. The van der Waals surface area contributed by atoms with Crippen LogP contribution in [0.25, 0.3) is 0 Å². The molecule has 0 radical (unpaired) electrons. The summed E-state index contributed by atoms with van der Waals surface area (Å²) in [7, 11) is -0.935. The summed E-state index contributed by atoms with van der Waals surface area (Å²) < 4.78 is 38.2. The largest absolute Gasteiger partial charge is 0.497 e. The highest BCUT2D eigenvalue weighted by Crippen LogP contribution is 2.31. The fourth-order valence-corrected chi connectivity index (χ4v) is 3.50. The van der Waals surface area contributed by atoms with Gasteiger partial charge < -0.3 is 14.8 Å². The number of anilines is 1. The van der Waals surface area contributed by atoms with Crippen molar-refractivity contribution in [3.63, 3.8) is 0 Å². The minimum absolute atomic E-state index is 0.00109. The minimum Gasteiger partial charge on any atom is -0.497 e. The summed E-state index contributed by atoms with van der Waals surface area (Å²) in [5.74, 6) is 0.602. The molecule has 0 heterocycles. The number of benzene rings is 2. The van der Waals surface area contributed by atoms with Gasteiger partial charge in [-0.05, 0) is 43.2 Å². The van der Waals surface area contributed by atoms with Gasteiger partial charge in [-0.3, -0.25) is 9.52 Å². The molecule has 3 rings (SSSR count). The quantitative estimate of drug-likeness (QED) is 0.774. The van der Waals surface area contributed by atoms with Crippen molar-refractivity contribution in [1.29, 1.82) is 0 Å². The molecule has 0 bridgehead atoms. The standard InChI is InChI=1S/C18H20N2O5S/c1-24-14-8-9-16(17(11-14)25-2)20-26(22,23)15-5-3-4-12(10-15)18(21)19-13-6-7-13/h3-5,8-11,13,20H,6-7H2,1-2H3,(H,19,21). The van der Waals surface area contributed by atoms with E-state index < -0.39 is 10.0 Å². The SMILES string of the molecule is COc1ccc(NS(=O)(=O)c2cccc(C(=O)NC3CC3)c2)c(OC)c1. The third kappa shape index (κ3) is 4.08. The number of hydrogen-bond acceptors (Lipinski definition) is 5. The van der Waals surface area contributed by atoms with E-state index in [1.807, 2.05) is 0 Å². The molecule has 1 saturated carbocycles. The Hall–Kier alpha value is -2.74. The lowest BCUT2D eigenvalue weighted by atomic mass is 10.2. The second-order valence-corrected chi connectivity index (χ2v) is 7.63. The van der Waals surface area contributed by atoms with Crippen molar-refractivity contribution in [1.82, 2.24) is 5.32 Å². The van der Waals surface area contributed by atoms with Gasteiger partial charge in [0.2, 0.25) is 0 Å². The average molecular weight is 376 g/mol. The van der Waals surface area contributed by atoms with Crippen LogP contribution in [0, 0.1) is 0 Å². The molecule has 138 valence electrons. The van der Waals surface area contributed by atoms with Crippen LogP contribution in [-0.2, 0) is 10.0 Å². The maximum atomic E-state index is 12.7. The first-order chi connectivity index (χ1) is 12.4. The van der Waals surface area contributed by atoms with E-state index in [4.69, 9.17) is 9.47 Å². The third-order valence-electron chi connectivity index (χ3n) is 3.97. The van der Waals surface area contributed by atoms with Gasteiger partial charge in [0.05, 0.1) is 24.8 Å². The Bertz CT molecular complexity index is 923. The third-order valence-corrected chi connectivity index (χ3v) is 5.34. The summed E-state index contributed by atoms with van der Waals surface area (Å²) >= 11 is 0. The van der Waals surface area contributed by atoms with Crippen LogP contribution in [0.4, 0.5) is 5.69 Å². The molecular formula is C18H20N2O5S. The lowest BCUT2D eigenvalue weighted by Gasteiger charge is -2.13. The highest BCUT2D eigenvalue weighted by molar-refractivity contribution is 7.92. The highest BCUT2D eigenvalue weighted by atomic mass is 32.2. The zero-order chi connectivity index (χ0) is 18.7. The van der Waals surface area contributed by atoms with Crippen LogP contribution in [0.2, 0.25) is 0 Å². The van der Waals surface area contributed by atoms with E-state index in [2.05, 4.69) is 10.0 Å². The Morgan fingerprint density at radius 1 is 1.08 bits per heavy atom. The van der Waals surface area contributed by atoms with Crippen molar-refractivity contribution in [2.45, 2.75) is 23.8 Å². The summed E-state index contributed by atoms with van der Waals surface area (Å²) in [6.45, 7) is 0. The number of hydrogen-bond donors (Lipinski definition) is 2. The molecule has 2 aromatic carbocycles. The summed E-state index contributed by atoms with van der Waals surface area (Å²) in [4.78, 5) is 12.1. The van der Waals surface area contributed by atoms with E-state index in [0.717, 1.165) is 12.8 Å². The molecule has 0 spiro atoms. The second-order valence-electron chi connectivity index (χ2n) is 5.95. The number of nitrogens with one attached hydrogen (secondary N) is 2. The molecule has 7 nitrogen and oxygen atoms in total. The maximum Gasteiger partial charge on any atom is 0.262 e. The van der Waals surface area contributed by atoms with Crippen LogP contribution in [0.5, 0.6) is 11.5 Å². The predicted octanol–water partition coefficient (Wildman–Crippen LogP) is 2.40. The Labute approximate surface area is 152 Å². The molecule has 2 aromatic rings. The van der Waals surface area contributed by atoms with Crippen molar-refractivity contribution in [2.24, 2.45) is 0 Å². The molecule has 0 saturated heterocycles. The normalized spacial score (nSPS) is 13.8. The fourth-order valence-electron chi connectivity index (χ4n) is 2.39. The first-order valence-electron chi connectivity index (χ1n) is 8.09. The lowest BCUT2D eigenvalue weighted by molar-refractivity contribution is 0.0951. The molecule has 1 fully saturated rings. The van der Waals surface area contributed by atoms with Crippen LogP contribution in [0.15, 0.2) is 47.4 Å². The number of sulfonamides is 1. The van der Waals surface area contributed by atoms with Gasteiger partial charge in [0.15, 0.2) is 0 Å². The Morgan fingerprint density at radius 2 is 1.85 bits per heavy atom. The molecule has 1 aliphatic carbocycles. The van der Waals surface area contributed by atoms with E-state index in [1.165, 1.54) is 26.4 Å². The fraction of sp³-hybridized carbons (Fsp3) is 0.278. The van der Waals surface area contributed by atoms with E-state index >= 15 is 0 Å². The number of amides is 1. The number of methoxy groups -OCH3 is 2. The second kappa shape index (κ2) is 7.25. The van der Waals surface area contributed by atoms with Crippen molar-refractivity contribution < 1.29 is 22.7 Å². The summed E-state index contributed by atoms with van der Waals surface area (Å²) in [6, 6.07) is 10.9. The van der Waals surface area contributed by atoms with E-state index in [1.54, 1.807) is 30.3 Å². The van der Waals surface area contributed by atoms with Gasteiger partial charge in [0.25, 0.3) is 15.9 Å². The van der Waals surface area contributed by atoms with Gasteiger partial charge in [0.1, 0.15) is 11.5 Å². The Kier molecular flexibility index (Phi) is 5.03. The Balaban J connectivity index is 1.85. The van der Waals surface area contributed by atoms with Crippen LogP contribution >= 0.6 is 0 Å². The molecule has 0 atom stereocenters. The summed E-state index contributed by atoms with van der Waals surface area (Å²) in [6.07, 6.45) is 1.92. The van der Waals surface area contributed by atoms with Gasteiger partial charge in [0, 0.05) is 17.7 Å². The van der Waals surface area contributed by atoms with Gasteiger partial charge in [-0.15, -0.1) is 0 Å². The minimum atomic E-state index is -3.89. The van der Waals surface area contributed by atoms with Crippen molar-refractivity contribution in [2.75, 3.05) is 18.9 Å². The van der Waals surface area contributed by atoms with Crippen LogP contribution < -0.4 is 19.5 Å². The number of ether oxygens (including phenoxy) is 2. The van der Waals surface area contributed by atoms with Crippen molar-refractivity contribution in [3.05, 3.63) is 48.0 Å². The molecule has 0 aliphatic heterocycles. The predicted molar refractivity (Wildman–Crippen MR) is 97.3 cm³/mol. The molecule has 1 amide bonds. The van der Waals surface area contributed by atoms with Crippen molar-refractivity contribution >= 4 is 21.6 Å². The molecule has 1 aliphatic rings. The highest BCUT2D eigenvalue weighted by Gasteiger charge is 2.24. The molecular weight excluding hydrogens is 356 g/mol. The van der Waals surface area contributed by atoms with E-state index in [0.29, 0.717) is 17.1 Å². The molecule has 2 N–H and O–H groups in total. The lowest BCUT2D eigenvalue weighted by Crippen LogP contribution is -2.25. The first kappa shape index (κ1) is 18.1. The van der Waals surface area contributed by atoms with Gasteiger partial charge >= 0.3 is 0 Å². The molecule has 26 heavy (non-hydrogen) atoms. The van der Waals surface area contributed by atoms with Gasteiger partial charge in [-0.25, -0.2) is 8.42 Å². The van der Waals surface area contributed by atoms with Crippen LogP contribution in [-0.4, -0.2) is 34.6 Å². The Morgan fingerprint density at radius 3 is 2.50 bits per heavy atom. The average Bonchev–Trinajstić information content (AvgIpc) is 3.46.